The van der Waals surface area contributed by atoms with Crippen LogP contribution in [0.25, 0.3) is 0 Å². The van der Waals surface area contributed by atoms with Crippen molar-refractivity contribution >= 4 is 28.4 Å². The van der Waals surface area contributed by atoms with Crippen LogP contribution in [0, 0.1) is 0 Å². The minimum absolute atomic E-state index is 0.456. The zero-order valence-electron chi connectivity index (χ0n) is 8.07. The molecule has 0 fully saturated rings. The predicted molar refractivity (Wildman–Crippen MR) is 52.9 cm³/mol. The van der Waals surface area contributed by atoms with Crippen LogP contribution in [-0.4, -0.2) is 30.8 Å². The van der Waals surface area contributed by atoms with E-state index in [0.717, 1.165) is 6.20 Å². The third kappa shape index (κ3) is 4.00. The number of carbonyl (C=O) groups is 1. The maximum absolute atomic E-state index is 12.3. The summed E-state index contributed by atoms with van der Waals surface area (Å²) < 4.78 is 48.7. The van der Waals surface area contributed by atoms with E-state index in [0.29, 0.717) is 4.68 Å². The second-order valence-electron chi connectivity index (χ2n) is 2.97. The van der Waals surface area contributed by atoms with Gasteiger partial charge in [0, 0.05) is 6.20 Å². The molecule has 1 rings (SSSR count). The van der Waals surface area contributed by atoms with Crippen LogP contribution in [0.2, 0.25) is 5.02 Å². The predicted octanol–water partition coefficient (Wildman–Crippen LogP) is 1.35. The van der Waals surface area contributed by atoms with Gasteiger partial charge in [0.25, 0.3) is 0 Å². The SMILES string of the molecule is O=C(O)CS(=O)Cn1cc(Cl)c(C(F)(F)F)n1. The molecule has 5 nitrogen and oxygen atoms in total. The van der Waals surface area contributed by atoms with Crippen molar-refractivity contribution in [2.45, 2.75) is 12.1 Å². The molecule has 0 saturated heterocycles. The zero-order chi connectivity index (χ0) is 13.2. The number of alkyl halides is 3. The Morgan fingerprint density at radius 1 is 1.59 bits per heavy atom. The second-order valence-corrected chi connectivity index (χ2v) is 4.80. The molecule has 0 spiro atoms. The van der Waals surface area contributed by atoms with Gasteiger partial charge in [-0.25, -0.2) is 0 Å². The topological polar surface area (TPSA) is 72.2 Å². The summed E-state index contributed by atoms with van der Waals surface area (Å²) in [5, 5.41) is 10.8. The first-order valence-corrected chi connectivity index (χ1v) is 5.93. The Balaban J connectivity index is 2.81. The van der Waals surface area contributed by atoms with Gasteiger partial charge in [-0.1, -0.05) is 11.6 Å². The number of carboxylic acids is 1. The number of hydrogen-bond acceptors (Lipinski definition) is 3. The average molecular weight is 291 g/mol. The molecule has 96 valence electrons. The molecule has 1 aromatic heterocycles. The Kier molecular flexibility index (Phi) is 4.15. The zero-order valence-corrected chi connectivity index (χ0v) is 9.64. The smallest absolute Gasteiger partial charge is 0.436 e. The molecule has 1 atom stereocenters. The van der Waals surface area contributed by atoms with E-state index in [1.807, 2.05) is 0 Å². The molecule has 0 bridgehead atoms. The van der Waals surface area contributed by atoms with E-state index in [2.05, 4.69) is 5.10 Å². The van der Waals surface area contributed by atoms with Crippen molar-refractivity contribution in [3.05, 3.63) is 16.9 Å². The monoisotopic (exact) mass is 290 g/mol. The molecule has 0 radical (unpaired) electrons. The quantitative estimate of drug-likeness (QED) is 0.908. The summed E-state index contributed by atoms with van der Waals surface area (Å²) in [5.41, 5.74) is -1.29. The molecule has 0 aliphatic heterocycles. The van der Waals surface area contributed by atoms with Crippen molar-refractivity contribution in [3.8, 4) is 0 Å². The number of nitrogens with zero attached hydrogens (tertiary/aromatic N) is 2. The summed E-state index contributed by atoms with van der Waals surface area (Å²) in [5.74, 6) is -2.43. The summed E-state index contributed by atoms with van der Waals surface area (Å²) in [4.78, 5) is 10.2. The van der Waals surface area contributed by atoms with Crippen molar-refractivity contribution in [1.29, 1.82) is 0 Å². The maximum atomic E-state index is 12.3. The van der Waals surface area contributed by atoms with E-state index in [1.165, 1.54) is 0 Å². The molecule has 0 aromatic carbocycles. The lowest BCUT2D eigenvalue weighted by atomic mass is 10.4. The molecular formula is C7H6ClF3N2O3S. The van der Waals surface area contributed by atoms with Crippen LogP contribution >= 0.6 is 11.6 Å². The van der Waals surface area contributed by atoms with Crippen molar-refractivity contribution in [2.24, 2.45) is 0 Å². The largest absolute Gasteiger partial charge is 0.481 e. The molecule has 0 saturated carbocycles. The highest BCUT2D eigenvalue weighted by Gasteiger charge is 2.37. The van der Waals surface area contributed by atoms with Gasteiger partial charge in [0.1, 0.15) is 11.6 Å². The van der Waals surface area contributed by atoms with Gasteiger partial charge >= 0.3 is 12.1 Å². The summed E-state index contributed by atoms with van der Waals surface area (Å²) >= 11 is 5.30. The highest BCUT2D eigenvalue weighted by atomic mass is 35.5. The molecule has 1 unspecified atom stereocenters. The summed E-state index contributed by atoms with van der Waals surface area (Å²) in [6, 6.07) is 0. The van der Waals surface area contributed by atoms with Gasteiger partial charge in [0.05, 0.1) is 15.8 Å². The maximum Gasteiger partial charge on any atom is 0.436 e. The fourth-order valence-electron chi connectivity index (χ4n) is 0.986. The lowest BCUT2D eigenvalue weighted by molar-refractivity contribution is -0.141. The average Bonchev–Trinajstić information content (AvgIpc) is 2.43. The first kappa shape index (κ1) is 14.0. The minimum atomic E-state index is -4.70. The number of carboxylic acid groups (broad SMARTS) is 1. The van der Waals surface area contributed by atoms with Crippen LogP contribution in [0.4, 0.5) is 13.2 Å². The molecule has 0 amide bonds. The molecule has 17 heavy (non-hydrogen) atoms. The minimum Gasteiger partial charge on any atom is -0.481 e. The molecular weight excluding hydrogens is 285 g/mol. The Bertz CT molecular complexity index is 460. The fraction of sp³-hybridized carbons (Fsp3) is 0.429. The lowest BCUT2D eigenvalue weighted by Gasteiger charge is -2.02. The molecule has 1 aromatic rings. The third-order valence-corrected chi connectivity index (χ3v) is 2.94. The van der Waals surface area contributed by atoms with Crippen LogP contribution in [0.1, 0.15) is 5.69 Å². The van der Waals surface area contributed by atoms with Gasteiger partial charge in [0.15, 0.2) is 5.69 Å². The van der Waals surface area contributed by atoms with Gasteiger partial charge in [-0.15, -0.1) is 0 Å². The van der Waals surface area contributed by atoms with E-state index in [1.54, 1.807) is 0 Å². The van der Waals surface area contributed by atoms with Crippen LogP contribution < -0.4 is 0 Å². The van der Waals surface area contributed by atoms with E-state index in [9.17, 15) is 22.2 Å². The lowest BCUT2D eigenvalue weighted by Crippen LogP contribution is -2.15. The number of hydrogen-bond donors (Lipinski definition) is 1. The Labute approximate surface area is 101 Å². The summed E-state index contributed by atoms with van der Waals surface area (Å²) in [7, 11) is -1.85. The van der Waals surface area contributed by atoms with Gasteiger partial charge in [-0.2, -0.15) is 18.3 Å². The summed E-state index contributed by atoms with van der Waals surface area (Å²) in [6.45, 7) is 0. The number of aromatic nitrogens is 2. The van der Waals surface area contributed by atoms with Crippen LogP contribution in [0.3, 0.4) is 0 Å². The molecule has 1 N–H and O–H groups in total. The van der Waals surface area contributed by atoms with Crippen molar-refractivity contribution in [3.63, 3.8) is 0 Å². The number of aliphatic carboxylic acids is 1. The standard InChI is InChI=1S/C7H6ClF3N2O3S/c8-4-1-13(3-17(16)2-5(14)15)12-6(4)7(9,10)11/h1H,2-3H2,(H,14,15). The van der Waals surface area contributed by atoms with E-state index < -0.39 is 45.3 Å². The normalized spacial score (nSPS) is 13.6. The van der Waals surface area contributed by atoms with Crippen LogP contribution in [0.15, 0.2) is 6.20 Å². The third-order valence-electron chi connectivity index (χ3n) is 1.55. The highest BCUT2D eigenvalue weighted by Crippen LogP contribution is 2.33. The van der Waals surface area contributed by atoms with E-state index >= 15 is 0 Å². The number of rotatable bonds is 4. The van der Waals surface area contributed by atoms with Gasteiger partial charge < -0.3 is 5.11 Å². The molecule has 0 aliphatic rings. The Hall–Kier alpha value is -1.09. The van der Waals surface area contributed by atoms with E-state index in [4.69, 9.17) is 16.7 Å². The molecule has 1 heterocycles. The van der Waals surface area contributed by atoms with Crippen molar-refractivity contribution < 1.29 is 27.3 Å². The first-order chi connectivity index (χ1) is 7.70. The molecule has 10 heteroatoms. The van der Waals surface area contributed by atoms with Gasteiger partial charge in [-0.3, -0.25) is 13.7 Å². The van der Waals surface area contributed by atoms with Crippen LogP contribution in [0.5, 0.6) is 0 Å². The number of halogens is 4. The summed E-state index contributed by atoms with van der Waals surface area (Å²) in [6.07, 6.45) is -3.85. The first-order valence-electron chi connectivity index (χ1n) is 4.07. The Morgan fingerprint density at radius 2 is 2.18 bits per heavy atom. The van der Waals surface area contributed by atoms with Crippen molar-refractivity contribution in [1.82, 2.24) is 9.78 Å². The van der Waals surface area contributed by atoms with Crippen molar-refractivity contribution in [2.75, 3.05) is 5.75 Å². The Morgan fingerprint density at radius 3 is 2.59 bits per heavy atom. The van der Waals surface area contributed by atoms with Gasteiger partial charge in [-0.05, 0) is 0 Å². The fourth-order valence-corrected chi connectivity index (χ4v) is 2.04. The second kappa shape index (κ2) is 5.05. The van der Waals surface area contributed by atoms with Crippen LogP contribution in [-0.2, 0) is 27.6 Å². The molecule has 0 aliphatic carbocycles. The highest BCUT2D eigenvalue weighted by molar-refractivity contribution is 7.84. The van der Waals surface area contributed by atoms with Gasteiger partial charge in [0.2, 0.25) is 0 Å². The van der Waals surface area contributed by atoms with E-state index in [-0.39, 0.29) is 0 Å².